The van der Waals surface area contributed by atoms with Crippen molar-refractivity contribution >= 4 is 39.3 Å². The van der Waals surface area contributed by atoms with Crippen LogP contribution in [0.15, 0.2) is 78.0 Å². The van der Waals surface area contributed by atoms with Gasteiger partial charge in [-0.3, -0.25) is 23.9 Å². The Kier molecular flexibility index (Phi) is 7.06. The van der Waals surface area contributed by atoms with Crippen LogP contribution in [-0.4, -0.2) is 31.1 Å². The average Bonchev–Trinajstić information content (AvgIpc) is 3.24. The van der Waals surface area contributed by atoms with Crippen molar-refractivity contribution in [1.82, 2.24) is 24.4 Å². The van der Waals surface area contributed by atoms with E-state index in [9.17, 15) is 18.4 Å². The maximum atomic E-state index is 13.8. The van der Waals surface area contributed by atoms with Crippen LogP contribution in [0.4, 0.5) is 8.78 Å². The summed E-state index contributed by atoms with van der Waals surface area (Å²) in [6, 6.07) is 16.7. The summed E-state index contributed by atoms with van der Waals surface area (Å²) in [5, 5.41) is 5.01. The molecule has 0 radical (unpaired) electrons. The van der Waals surface area contributed by atoms with Gasteiger partial charge < -0.3 is 5.32 Å². The Morgan fingerprint density at radius 2 is 1.77 bits per heavy atom. The predicted octanol–water partition coefficient (Wildman–Crippen LogP) is 6.32. The van der Waals surface area contributed by atoms with E-state index in [4.69, 9.17) is 11.6 Å². The summed E-state index contributed by atoms with van der Waals surface area (Å²) in [4.78, 5) is 34.4. The summed E-state index contributed by atoms with van der Waals surface area (Å²) in [7, 11) is 0. The number of rotatable bonds is 6. The molecule has 1 amide bonds. The van der Waals surface area contributed by atoms with E-state index in [1.165, 1.54) is 6.07 Å². The largest absolute Gasteiger partial charge is 0.349 e. The molecule has 5 aromatic rings. The lowest BCUT2D eigenvalue weighted by Gasteiger charge is -2.29. The predicted molar refractivity (Wildman–Crippen MR) is 150 cm³/mol. The first-order valence-electron chi connectivity index (χ1n) is 13.2. The molecular formula is C30H26ClF2N5O2. The number of imidazole rings is 1. The fourth-order valence-electron chi connectivity index (χ4n) is 5.66. The summed E-state index contributed by atoms with van der Waals surface area (Å²) in [5.74, 6) is -0.367. The number of nitrogens with one attached hydrogen (secondary N) is 1. The topological polar surface area (TPSA) is 81.8 Å². The standard InChI is InChI=1S/C30H26ClF2N5O2/c31-21-14-24(27(28(32)33)35-16-21)29(39)36-22-8-5-18(6-9-22)17-37-25-3-1-2-4-26(25)38(30(37)40)23-10-7-19-11-12-34-15-20(19)13-23/h1-4,7,10-16,18,22,28H,5-6,8-9,17H2,(H,36,39)/t18-,22-. The average molecular weight is 562 g/mol. The summed E-state index contributed by atoms with van der Waals surface area (Å²) < 4.78 is 30.3. The van der Waals surface area contributed by atoms with Crippen molar-refractivity contribution in [2.75, 3.05) is 0 Å². The molecule has 0 atom stereocenters. The third-order valence-corrected chi connectivity index (χ3v) is 7.88. The number of hydrogen-bond donors (Lipinski definition) is 1. The number of benzene rings is 2. The molecule has 10 heteroatoms. The van der Waals surface area contributed by atoms with Crippen molar-refractivity contribution < 1.29 is 13.6 Å². The lowest BCUT2D eigenvalue weighted by atomic mass is 9.85. The first-order chi connectivity index (χ1) is 19.4. The molecule has 1 N–H and O–H groups in total. The number of para-hydroxylation sites is 2. The van der Waals surface area contributed by atoms with E-state index in [0.717, 1.165) is 46.5 Å². The summed E-state index contributed by atoms with van der Waals surface area (Å²) in [6.45, 7) is 0.551. The Labute approximate surface area is 233 Å². The van der Waals surface area contributed by atoms with Gasteiger partial charge in [0, 0.05) is 36.6 Å². The van der Waals surface area contributed by atoms with E-state index in [1.54, 1.807) is 17.0 Å². The van der Waals surface area contributed by atoms with Crippen LogP contribution < -0.4 is 11.0 Å². The molecule has 1 saturated carbocycles. The zero-order chi connectivity index (χ0) is 27.8. The minimum atomic E-state index is -2.87. The molecule has 204 valence electrons. The smallest absolute Gasteiger partial charge is 0.333 e. The highest BCUT2D eigenvalue weighted by Gasteiger charge is 2.27. The third-order valence-electron chi connectivity index (χ3n) is 7.68. The van der Waals surface area contributed by atoms with E-state index in [-0.39, 0.29) is 28.2 Å². The van der Waals surface area contributed by atoms with Crippen molar-refractivity contribution in [2.24, 2.45) is 5.92 Å². The molecule has 40 heavy (non-hydrogen) atoms. The van der Waals surface area contributed by atoms with Gasteiger partial charge in [0.2, 0.25) is 0 Å². The van der Waals surface area contributed by atoms with Gasteiger partial charge in [-0.15, -0.1) is 0 Å². The van der Waals surface area contributed by atoms with E-state index in [2.05, 4.69) is 15.3 Å². The van der Waals surface area contributed by atoms with Crippen LogP contribution in [0.2, 0.25) is 5.02 Å². The number of carbonyl (C=O) groups is 1. The van der Waals surface area contributed by atoms with Crippen molar-refractivity contribution in [1.29, 1.82) is 0 Å². The summed E-state index contributed by atoms with van der Waals surface area (Å²) in [6.07, 6.45) is 4.70. The van der Waals surface area contributed by atoms with Crippen LogP contribution in [-0.2, 0) is 6.54 Å². The third kappa shape index (κ3) is 4.97. The molecule has 0 saturated heterocycles. The molecule has 1 aliphatic rings. The van der Waals surface area contributed by atoms with Crippen LogP contribution in [0.5, 0.6) is 0 Å². The maximum Gasteiger partial charge on any atom is 0.333 e. The second kappa shape index (κ2) is 10.8. The maximum absolute atomic E-state index is 13.8. The SMILES string of the molecule is O=C(N[C@H]1CC[C@H](Cn2c(=O)n(-c3ccc4ccncc4c3)c3ccccc32)CC1)c1cc(Cl)cnc1C(F)F. The van der Waals surface area contributed by atoms with Crippen LogP contribution in [0.3, 0.4) is 0 Å². The van der Waals surface area contributed by atoms with Crippen molar-refractivity contribution in [2.45, 2.75) is 44.7 Å². The fraction of sp³-hybridized carbons (Fsp3) is 0.267. The number of pyridine rings is 2. The normalized spacial score (nSPS) is 17.5. The molecule has 3 heterocycles. The molecule has 0 aliphatic heterocycles. The molecule has 0 bridgehead atoms. The highest BCUT2D eigenvalue weighted by atomic mass is 35.5. The summed E-state index contributed by atoms with van der Waals surface area (Å²) >= 11 is 5.91. The van der Waals surface area contributed by atoms with Gasteiger partial charge >= 0.3 is 5.69 Å². The Bertz CT molecular complexity index is 1780. The van der Waals surface area contributed by atoms with Gasteiger partial charge in [0.05, 0.1) is 27.3 Å². The Hall–Kier alpha value is -4.11. The highest BCUT2D eigenvalue weighted by Crippen LogP contribution is 2.29. The van der Waals surface area contributed by atoms with Crippen molar-refractivity contribution in [3.8, 4) is 5.69 Å². The Morgan fingerprint density at radius 3 is 2.55 bits per heavy atom. The van der Waals surface area contributed by atoms with Gasteiger partial charge in [0.1, 0.15) is 5.69 Å². The Morgan fingerprint density at radius 1 is 1.00 bits per heavy atom. The van der Waals surface area contributed by atoms with Gasteiger partial charge in [0.25, 0.3) is 12.3 Å². The van der Waals surface area contributed by atoms with E-state index in [0.29, 0.717) is 19.4 Å². The van der Waals surface area contributed by atoms with Crippen LogP contribution in [0.1, 0.15) is 48.2 Å². The number of halogens is 3. The van der Waals surface area contributed by atoms with E-state index < -0.39 is 18.0 Å². The number of fused-ring (bicyclic) bond motifs is 2. The van der Waals surface area contributed by atoms with Crippen molar-refractivity contribution in [3.63, 3.8) is 0 Å². The number of alkyl halides is 2. The quantitative estimate of drug-likeness (QED) is 0.263. The second-order valence-electron chi connectivity index (χ2n) is 10.2. The minimum Gasteiger partial charge on any atom is -0.349 e. The fourth-order valence-corrected chi connectivity index (χ4v) is 5.82. The van der Waals surface area contributed by atoms with Gasteiger partial charge in [-0.2, -0.15) is 0 Å². The first kappa shape index (κ1) is 26.1. The number of carbonyl (C=O) groups excluding carboxylic acids is 1. The molecule has 3 aromatic heterocycles. The van der Waals surface area contributed by atoms with Gasteiger partial charge in [-0.25, -0.2) is 13.6 Å². The number of hydrogen-bond acceptors (Lipinski definition) is 4. The molecule has 0 unspecified atom stereocenters. The number of amides is 1. The highest BCUT2D eigenvalue weighted by molar-refractivity contribution is 6.30. The lowest BCUT2D eigenvalue weighted by Crippen LogP contribution is -2.39. The lowest BCUT2D eigenvalue weighted by molar-refractivity contribution is 0.0904. The van der Waals surface area contributed by atoms with Crippen LogP contribution in [0.25, 0.3) is 27.5 Å². The van der Waals surface area contributed by atoms with Crippen LogP contribution in [0, 0.1) is 5.92 Å². The molecule has 1 fully saturated rings. The van der Waals surface area contributed by atoms with Crippen molar-refractivity contribution in [3.05, 3.63) is 100.0 Å². The molecule has 0 spiro atoms. The van der Waals surface area contributed by atoms with Gasteiger partial charge in [-0.05, 0) is 73.4 Å². The molecular weight excluding hydrogens is 536 g/mol. The second-order valence-corrected chi connectivity index (χ2v) is 10.6. The molecule has 1 aliphatic carbocycles. The first-order valence-corrected chi connectivity index (χ1v) is 13.6. The molecule has 6 rings (SSSR count). The number of aromatic nitrogens is 4. The zero-order valence-corrected chi connectivity index (χ0v) is 22.2. The van der Waals surface area contributed by atoms with E-state index >= 15 is 0 Å². The number of nitrogens with zero attached hydrogens (tertiary/aromatic N) is 4. The van der Waals surface area contributed by atoms with E-state index in [1.807, 2.05) is 53.1 Å². The van der Waals surface area contributed by atoms with Gasteiger partial charge in [-0.1, -0.05) is 29.8 Å². The Balaban J connectivity index is 1.19. The van der Waals surface area contributed by atoms with Crippen LogP contribution >= 0.6 is 11.6 Å². The zero-order valence-electron chi connectivity index (χ0n) is 21.4. The van der Waals surface area contributed by atoms with Gasteiger partial charge in [0.15, 0.2) is 0 Å². The molecule has 2 aromatic carbocycles. The minimum absolute atomic E-state index is 0.104. The monoisotopic (exact) mass is 561 g/mol. The molecule has 7 nitrogen and oxygen atoms in total. The summed E-state index contributed by atoms with van der Waals surface area (Å²) in [5.41, 5.74) is 1.60.